The van der Waals surface area contributed by atoms with Crippen LogP contribution in [-0.4, -0.2) is 63.3 Å². The molecule has 0 atom stereocenters. The van der Waals surface area contributed by atoms with Crippen LogP contribution in [0, 0.1) is 5.92 Å². The fourth-order valence-electron chi connectivity index (χ4n) is 4.87. The predicted octanol–water partition coefficient (Wildman–Crippen LogP) is 2.45. The van der Waals surface area contributed by atoms with Crippen LogP contribution in [0.3, 0.4) is 0 Å². The molecule has 2 fully saturated rings. The molecule has 8 heteroatoms. The highest BCUT2D eigenvalue weighted by atomic mass is 16.1. The van der Waals surface area contributed by atoms with Crippen LogP contribution < -0.4 is 10.2 Å². The van der Waals surface area contributed by atoms with Gasteiger partial charge in [0.25, 0.3) is 0 Å². The number of carbonyl (C=O) groups excluding carboxylic acids is 1. The van der Waals surface area contributed by atoms with Crippen LogP contribution in [0.25, 0.3) is 11.0 Å². The summed E-state index contributed by atoms with van der Waals surface area (Å²) in [5, 5.41) is 8.59. The number of fused-ring (bicyclic) bond motifs is 1. The minimum Gasteiger partial charge on any atom is -0.354 e. The van der Waals surface area contributed by atoms with Gasteiger partial charge in [0.1, 0.15) is 12.1 Å². The first-order valence-electron chi connectivity index (χ1n) is 11.7. The summed E-state index contributed by atoms with van der Waals surface area (Å²) >= 11 is 0. The Kier molecular flexibility index (Phi) is 6.29. The molecule has 1 N–H and O–H groups in total. The van der Waals surface area contributed by atoms with E-state index in [1.54, 1.807) is 6.33 Å². The van der Waals surface area contributed by atoms with E-state index in [0.717, 1.165) is 62.4 Å². The first kappa shape index (κ1) is 20.9. The van der Waals surface area contributed by atoms with Gasteiger partial charge in [0.15, 0.2) is 5.65 Å². The van der Waals surface area contributed by atoms with Gasteiger partial charge in [-0.15, -0.1) is 0 Å². The van der Waals surface area contributed by atoms with Crippen LogP contribution in [0.15, 0.2) is 42.9 Å². The molecule has 0 spiro atoms. The minimum atomic E-state index is 0.183. The molecule has 1 aliphatic carbocycles. The highest BCUT2D eigenvalue weighted by Crippen LogP contribution is 2.25. The third kappa shape index (κ3) is 4.60. The van der Waals surface area contributed by atoms with E-state index in [1.165, 1.54) is 18.4 Å². The molecule has 2 aliphatic rings. The lowest BCUT2D eigenvalue weighted by Crippen LogP contribution is -2.46. The molecule has 0 bridgehead atoms. The smallest absolute Gasteiger partial charge is 0.223 e. The van der Waals surface area contributed by atoms with Crippen molar-refractivity contribution in [3.63, 3.8) is 0 Å². The normalized spacial score (nSPS) is 17.8. The Bertz CT molecular complexity index is 1040. The molecule has 1 aromatic carbocycles. The number of nitrogens with one attached hydrogen (secondary N) is 1. The van der Waals surface area contributed by atoms with E-state index >= 15 is 0 Å². The largest absolute Gasteiger partial charge is 0.354 e. The second-order valence-corrected chi connectivity index (χ2v) is 8.82. The molecule has 3 aromatic rings. The number of carbonyl (C=O) groups is 1. The molecule has 0 radical (unpaired) electrons. The molecule has 1 saturated carbocycles. The zero-order chi connectivity index (χ0) is 21.8. The lowest BCUT2D eigenvalue weighted by molar-refractivity contribution is -0.124. The lowest BCUT2D eigenvalue weighted by atomic mass is 10.1. The van der Waals surface area contributed by atoms with Crippen LogP contribution in [0.1, 0.15) is 31.2 Å². The number of aromatic nitrogens is 4. The van der Waals surface area contributed by atoms with Gasteiger partial charge in [0.2, 0.25) is 5.91 Å². The van der Waals surface area contributed by atoms with E-state index < -0.39 is 0 Å². The highest BCUT2D eigenvalue weighted by Gasteiger charge is 2.23. The molecular weight excluding hydrogens is 402 g/mol. The Morgan fingerprint density at radius 2 is 1.81 bits per heavy atom. The second kappa shape index (κ2) is 9.65. The van der Waals surface area contributed by atoms with Gasteiger partial charge in [-0.3, -0.25) is 9.69 Å². The van der Waals surface area contributed by atoms with Gasteiger partial charge >= 0.3 is 0 Å². The van der Waals surface area contributed by atoms with Crippen molar-refractivity contribution in [1.29, 1.82) is 0 Å². The Morgan fingerprint density at radius 1 is 1.03 bits per heavy atom. The van der Waals surface area contributed by atoms with Crippen molar-refractivity contribution in [3.05, 3.63) is 48.4 Å². The summed E-state index contributed by atoms with van der Waals surface area (Å²) in [5.41, 5.74) is 2.18. The third-order valence-electron chi connectivity index (χ3n) is 6.68. The minimum absolute atomic E-state index is 0.183. The fraction of sp³-hybridized carbons (Fsp3) is 0.500. The summed E-state index contributed by atoms with van der Waals surface area (Å²) in [5.74, 6) is 1.33. The lowest BCUT2D eigenvalue weighted by Gasteiger charge is -2.35. The van der Waals surface area contributed by atoms with Crippen molar-refractivity contribution in [2.75, 3.05) is 37.6 Å². The first-order chi connectivity index (χ1) is 15.8. The average molecular weight is 434 g/mol. The molecule has 168 valence electrons. The molecule has 1 saturated heterocycles. The van der Waals surface area contributed by atoms with E-state index in [0.29, 0.717) is 13.1 Å². The maximum Gasteiger partial charge on any atom is 0.223 e. The number of rotatable bonds is 7. The van der Waals surface area contributed by atoms with Gasteiger partial charge in [-0.1, -0.05) is 43.2 Å². The standard InChI is InChI=1S/C24H31N7O/c32-24(20-8-4-5-9-20)25-10-11-31-23-21(16-28-31)22(26-18-27-23)30-14-12-29(13-15-30)17-19-6-2-1-3-7-19/h1-3,6-7,16,18,20H,4-5,8-15,17H2,(H,25,32). The SMILES string of the molecule is O=C(NCCn1ncc2c(N3CCN(Cc4ccccc4)CC3)ncnc21)C1CCCC1. The fourth-order valence-corrected chi connectivity index (χ4v) is 4.87. The zero-order valence-electron chi connectivity index (χ0n) is 18.5. The average Bonchev–Trinajstić information content (AvgIpc) is 3.51. The number of amides is 1. The molecule has 0 unspecified atom stereocenters. The summed E-state index contributed by atoms with van der Waals surface area (Å²) in [6.07, 6.45) is 7.87. The Labute approximate surface area is 188 Å². The molecule has 2 aromatic heterocycles. The summed E-state index contributed by atoms with van der Waals surface area (Å²) in [6.45, 7) is 6.04. The highest BCUT2D eigenvalue weighted by molar-refractivity contribution is 5.86. The molecule has 1 aliphatic heterocycles. The maximum absolute atomic E-state index is 12.3. The molecule has 5 rings (SSSR count). The predicted molar refractivity (Wildman–Crippen MR) is 124 cm³/mol. The van der Waals surface area contributed by atoms with Crippen molar-refractivity contribution in [2.24, 2.45) is 5.92 Å². The van der Waals surface area contributed by atoms with Crippen LogP contribution in [0.4, 0.5) is 5.82 Å². The van der Waals surface area contributed by atoms with Crippen LogP contribution in [-0.2, 0) is 17.9 Å². The van der Waals surface area contributed by atoms with E-state index in [4.69, 9.17) is 0 Å². The van der Waals surface area contributed by atoms with Crippen LogP contribution in [0.2, 0.25) is 0 Å². The van der Waals surface area contributed by atoms with Crippen molar-refractivity contribution in [3.8, 4) is 0 Å². The van der Waals surface area contributed by atoms with Gasteiger partial charge < -0.3 is 10.2 Å². The third-order valence-corrected chi connectivity index (χ3v) is 6.68. The zero-order valence-corrected chi connectivity index (χ0v) is 18.5. The summed E-state index contributed by atoms with van der Waals surface area (Å²) < 4.78 is 1.88. The number of nitrogens with zero attached hydrogens (tertiary/aromatic N) is 6. The molecular formula is C24H31N7O. The molecule has 8 nitrogen and oxygen atoms in total. The number of piperazine rings is 1. The van der Waals surface area contributed by atoms with Crippen LogP contribution in [0.5, 0.6) is 0 Å². The number of benzene rings is 1. The number of anilines is 1. The van der Waals surface area contributed by atoms with Crippen molar-refractivity contribution in [2.45, 2.75) is 38.8 Å². The van der Waals surface area contributed by atoms with E-state index in [9.17, 15) is 4.79 Å². The molecule has 3 heterocycles. The number of hydrogen-bond acceptors (Lipinski definition) is 6. The van der Waals surface area contributed by atoms with Gasteiger partial charge in [-0.05, 0) is 18.4 Å². The maximum atomic E-state index is 12.3. The van der Waals surface area contributed by atoms with Gasteiger partial charge in [0, 0.05) is 45.2 Å². The Hall–Kier alpha value is -3.00. The van der Waals surface area contributed by atoms with Crippen molar-refractivity contribution < 1.29 is 4.79 Å². The van der Waals surface area contributed by atoms with E-state index in [1.807, 2.05) is 10.9 Å². The van der Waals surface area contributed by atoms with Gasteiger partial charge in [-0.2, -0.15) is 5.10 Å². The van der Waals surface area contributed by atoms with Gasteiger partial charge in [0.05, 0.1) is 18.1 Å². The first-order valence-corrected chi connectivity index (χ1v) is 11.7. The Morgan fingerprint density at radius 3 is 2.59 bits per heavy atom. The van der Waals surface area contributed by atoms with E-state index in [2.05, 4.69) is 60.5 Å². The number of hydrogen-bond donors (Lipinski definition) is 1. The van der Waals surface area contributed by atoms with Crippen LogP contribution >= 0.6 is 0 Å². The summed E-state index contributed by atoms with van der Waals surface area (Å²) in [6, 6.07) is 10.6. The topological polar surface area (TPSA) is 79.2 Å². The Balaban J connectivity index is 1.19. The van der Waals surface area contributed by atoms with Gasteiger partial charge in [-0.25, -0.2) is 14.6 Å². The summed E-state index contributed by atoms with van der Waals surface area (Å²) in [4.78, 5) is 26.2. The van der Waals surface area contributed by atoms with E-state index in [-0.39, 0.29) is 11.8 Å². The second-order valence-electron chi connectivity index (χ2n) is 8.82. The van der Waals surface area contributed by atoms with Crippen molar-refractivity contribution >= 4 is 22.8 Å². The monoisotopic (exact) mass is 433 g/mol. The molecule has 32 heavy (non-hydrogen) atoms. The molecule has 1 amide bonds. The summed E-state index contributed by atoms with van der Waals surface area (Å²) in [7, 11) is 0. The van der Waals surface area contributed by atoms with Crippen molar-refractivity contribution in [1.82, 2.24) is 30.0 Å². The quantitative estimate of drug-likeness (QED) is 0.617.